The van der Waals surface area contributed by atoms with Crippen LogP contribution < -0.4 is 0 Å². The van der Waals surface area contributed by atoms with Crippen molar-refractivity contribution >= 4 is 120 Å². The van der Waals surface area contributed by atoms with Gasteiger partial charge in [0.25, 0.3) is 0 Å². The number of alkyl halides is 3. The Balaban J connectivity index is 1.23. The quantitative estimate of drug-likeness (QED) is 0.152. The highest BCUT2D eigenvalue weighted by Gasteiger charge is 2.39. The maximum Gasteiger partial charge on any atom is 0.416 e. The molecular formula is C81H49F3N6. The Morgan fingerprint density at radius 2 is 0.467 bits per heavy atom. The van der Waals surface area contributed by atoms with Crippen LogP contribution in [0.15, 0.2) is 297 Å². The maximum atomic E-state index is 16.1. The zero-order valence-electron chi connectivity index (χ0n) is 48.1. The standard InChI is InChI=1S/C81H49F3N6/c82-81(83,84)51-26-24-25-50(49-51)73-76(86-63-39-14-4-29-53(63)54-30-5-15-40-64(54)86)78(88-67-43-18-8-33-57(67)58-34-9-19-44-68(58)88)80(90-72-48-23-13-38-62(72)74-75(90)61-37-12-22-47-71(61)85(74)52-27-2-1-3-28-52)79(89-69-45-20-10-35-59(69)60-36-11-21-46-70(60)89)77(73)87-65-41-16-6-31-55(65)56-32-7-17-42-66(56)87/h1-49H. The number of rotatable bonds is 7. The van der Waals surface area contributed by atoms with Crippen molar-refractivity contribution in [3.8, 4) is 45.3 Å². The van der Waals surface area contributed by atoms with Crippen molar-refractivity contribution in [2.75, 3.05) is 0 Å². The Hall–Kier alpha value is -11.8. The van der Waals surface area contributed by atoms with Gasteiger partial charge in [-0.1, -0.05) is 212 Å². The first-order valence-corrected chi connectivity index (χ1v) is 30.3. The first kappa shape index (κ1) is 50.4. The van der Waals surface area contributed by atoms with Crippen molar-refractivity contribution in [3.63, 3.8) is 0 Å². The Labute approximate surface area is 512 Å². The fourth-order valence-electron chi connectivity index (χ4n) is 15.3. The summed E-state index contributed by atoms with van der Waals surface area (Å²) in [5.41, 5.74) is 16.1. The van der Waals surface area contributed by atoms with Gasteiger partial charge in [-0.15, -0.1) is 0 Å². The second-order valence-electron chi connectivity index (χ2n) is 23.4. The van der Waals surface area contributed by atoms with Crippen LogP contribution in [-0.2, 0) is 6.18 Å². The number of halogens is 3. The van der Waals surface area contributed by atoms with Gasteiger partial charge in [0.2, 0.25) is 0 Å². The van der Waals surface area contributed by atoms with Crippen LogP contribution in [0.1, 0.15) is 5.56 Å². The monoisotopic (exact) mass is 1160 g/mol. The smallest absolute Gasteiger partial charge is 0.307 e. The van der Waals surface area contributed by atoms with Crippen LogP contribution >= 0.6 is 0 Å². The molecule has 0 saturated carbocycles. The molecule has 19 aromatic rings. The fourth-order valence-corrected chi connectivity index (χ4v) is 15.3. The third-order valence-electron chi connectivity index (χ3n) is 18.8. The third kappa shape index (κ3) is 6.88. The lowest BCUT2D eigenvalue weighted by atomic mass is 9.93. The highest BCUT2D eigenvalue weighted by atomic mass is 19.4. The van der Waals surface area contributed by atoms with Crippen LogP contribution in [0, 0.1) is 0 Å². The number of fused-ring (bicyclic) bond motifs is 17. The summed E-state index contributed by atoms with van der Waals surface area (Å²) in [6.07, 6.45) is -4.70. The molecule has 0 aliphatic heterocycles. The van der Waals surface area contributed by atoms with Crippen molar-refractivity contribution in [1.29, 1.82) is 0 Å². The lowest BCUT2D eigenvalue weighted by Crippen LogP contribution is -2.18. The van der Waals surface area contributed by atoms with Gasteiger partial charge in [-0.2, -0.15) is 13.2 Å². The van der Waals surface area contributed by atoms with Gasteiger partial charge in [-0.25, -0.2) is 0 Å². The molecule has 90 heavy (non-hydrogen) atoms. The van der Waals surface area contributed by atoms with Gasteiger partial charge in [0.1, 0.15) is 0 Å². The average Bonchev–Trinajstić information content (AvgIpc) is 1.42. The molecule has 0 amide bonds. The van der Waals surface area contributed by atoms with Crippen LogP contribution in [0.3, 0.4) is 0 Å². The molecule has 6 aromatic heterocycles. The van der Waals surface area contributed by atoms with Gasteiger partial charge >= 0.3 is 6.18 Å². The Kier molecular flexibility index (Phi) is 10.5. The topological polar surface area (TPSA) is 29.6 Å². The van der Waals surface area contributed by atoms with Crippen LogP contribution in [0.25, 0.3) is 165 Å². The van der Waals surface area contributed by atoms with E-state index in [1.54, 1.807) is 6.07 Å². The molecule has 0 radical (unpaired) electrons. The number of hydrogen-bond donors (Lipinski definition) is 0. The summed E-state index contributed by atoms with van der Waals surface area (Å²) in [5.74, 6) is 0. The molecular weight excluding hydrogens is 1110 g/mol. The largest absolute Gasteiger partial charge is 0.416 e. The van der Waals surface area contributed by atoms with Crippen molar-refractivity contribution in [2.45, 2.75) is 6.18 Å². The second kappa shape index (κ2) is 18.8. The van der Waals surface area contributed by atoms with Crippen molar-refractivity contribution < 1.29 is 13.2 Å². The van der Waals surface area contributed by atoms with Crippen molar-refractivity contribution in [2.24, 2.45) is 0 Å². The van der Waals surface area contributed by atoms with Gasteiger partial charge in [0, 0.05) is 65.1 Å². The minimum atomic E-state index is -4.70. The van der Waals surface area contributed by atoms with E-state index in [-0.39, 0.29) is 0 Å². The van der Waals surface area contributed by atoms with Crippen LogP contribution in [-0.4, -0.2) is 27.4 Å². The van der Waals surface area contributed by atoms with E-state index in [4.69, 9.17) is 0 Å². The molecule has 6 nitrogen and oxygen atoms in total. The zero-order chi connectivity index (χ0) is 59.5. The average molecular weight is 1160 g/mol. The molecule has 0 atom stereocenters. The third-order valence-corrected chi connectivity index (χ3v) is 18.8. The van der Waals surface area contributed by atoms with E-state index in [2.05, 4.69) is 300 Å². The summed E-state index contributed by atoms with van der Waals surface area (Å²) in [6, 6.07) is 102. The number of benzene rings is 13. The highest BCUT2D eigenvalue weighted by molar-refractivity contribution is 6.23. The molecule has 0 spiro atoms. The Bertz CT molecular complexity index is 5750. The molecule has 19 rings (SSSR count). The molecule has 0 saturated heterocycles. The molecule has 13 aromatic carbocycles. The van der Waals surface area contributed by atoms with Gasteiger partial charge in [0.15, 0.2) is 0 Å². The number of para-hydroxylation sites is 11. The van der Waals surface area contributed by atoms with Crippen LogP contribution in [0.2, 0.25) is 0 Å². The predicted octanol–water partition coefficient (Wildman–Crippen LogP) is 21.8. The zero-order valence-corrected chi connectivity index (χ0v) is 48.1. The first-order valence-electron chi connectivity index (χ1n) is 30.3. The summed E-state index contributed by atoms with van der Waals surface area (Å²) >= 11 is 0. The molecule has 0 fully saturated rings. The molecule has 0 aliphatic carbocycles. The van der Waals surface area contributed by atoms with Gasteiger partial charge in [-0.3, -0.25) is 0 Å². The van der Waals surface area contributed by atoms with E-state index in [0.29, 0.717) is 22.5 Å². The lowest BCUT2D eigenvalue weighted by molar-refractivity contribution is -0.137. The van der Waals surface area contributed by atoms with E-state index in [0.717, 1.165) is 143 Å². The molecule has 0 aliphatic rings. The number of nitrogens with zero attached hydrogens (tertiary/aromatic N) is 6. The molecule has 9 heteroatoms. The second-order valence-corrected chi connectivity index (χ2v) is 23.4. The predicted molar refractivity (Wildman–Crippen MR) is 365 cm³/mol. The van der Waals surface area contributed by atoms with Crippen molar-refractivity contribution in [1.82, 2.24) is 27.4 Å². The van der Waals surface area contributed by atoms with E-state index in [9.17, 15) is 0 Å². The summed E-state index contributed by atoms with van der Waals surface area (Å²) in [4.78, 5) is 0. The van der Waals surface area contributed by atoms with Gasteiger partial charge in [0.05, 0.1) is 100 Å². The maximum absolute atomic E-state index is 16.1. The molecule has 424 valence electrons. The Morgan fingerprint density at radius 3 is 0.800 bits per heavy atom. The van der Waals surface area contributed by atoms with E-state index >= 15 is 13.2 Å². The summed E-state index contributed by atoms with van der Waals surface area (Å²) < 4.78 is 63.0. The number of hydrogen-bond acceptors (Lipinski definition) is 0. The highest BCUT2D eigenvalue weighted by Crippen LogP contribution is 2.55. The molecule has 6 heterocycles. The van der Waals surface area contributed by atoms with E-state index in [1.807, 2.05) is 6.07 Å². The van der Waals surface area contributed by atoms with Crippen LogP contribution in [0.4, 0.5) is 13.2 Å². The molecule has 0 N–H and O–H groups in total. The minimum absolute atomic E-state index is 0.386. The SMILES string of the molecule is FC(F)(F)c1cccc(-c2c(-n3c4ccccc4c4ccccc43)c(-n3c4ccccc4c4ccccc43)c(-n3c4ccccc4c4c3c3ccccc3n4-c3ccccc3)c(-n3c4ccccc4c4ccccc43)c2-n2c3ccccc3c3ccccc32)c1. The number of aromatic nitrogens is 6. The Morgan fingerprint density at radius 1 is 0.211 bits per heavy atom. The van der Waals surface area contributed by atoms with Gasteiger partial charge in [-0.05, 0) is 90.5 Å². The van der Waals surface area contributed by atoms with Crippen molar-refractivity contribution in [3.05, 3.63) is 303 Å². The molecule has 0 bridgehead atoms. The first-order chi connectivity index (χ1) is 44.4. The van der Waals surface area contributed by atoms with Gasteiger partial charge < -0.3 is 27.4 Å². The lowest BCUT2D eigenvalue weighted by Gasteiger charge is -2.32. The normalized spacial score (nSPS) is 12.4. The fraction of sp³-hybridized carbons (Fsp3) is 0.0123. The summed E-state index contributed by atoms with van der Waals surface area (Å²) in [7, 11) is 0. The summed E-state index contributed by atoms with van der Waals surface area (Å²) in [6.45, 7) is 0. The van der Waals surface area contributed by atoms with E-state index < -0.39 is 11.7 Å². The molecule has 0 unspecified atom stereocenters. The minimum Gasteiger partial charge on any atom is -0.307 e. The van der Waals surface area contributed by atoms with E-state index in [1.165, 1.54) is 12.1 Å². The van der Waals surface area contributed by atoms with Crippen LogP contribution in [0.5, 0.6) is 0 Å². The summed E-state index contributed by atoms with van der Waals surface area (Å²) in [5, 5.41) is 10.2.